The number of nitrogens with zero attached hydrogens (tertiary/aromatic N) is 1. The van der Waals surface area contributed by atoms with Gasteiger partial charge in [-0.05, 0) is 20.3 Å². The second-order valence-corrected chi connectivity index (χ2v) is 2.40. The standard InChI is InChI=1S/C10H13NO2/c1-3-5-6-7-9(8-11)10(12)13-4-2/h9H,4,6-7H2,1-2H3. The lowest BCUT2D eigenvalue weighted by molar-refractivity contribution is -0.146. The maximum atomic E-state index is 11.1. The lowest BCUT2D eigenvalue weighted by Crippen LogP contribution is -2.15. The average molecular weight is 179 g/mol. The summed E-state index contributed by atoms with van der Waals surface area (Å²) in [5.74, 6) is 4.40. The van der Waals surface area contributed by atoms with E-state index in [-0.39, 0.29) is 0 Å². The molecule has 13 heavy (non-hydrogen) atoms. The molecule has 0 bridgehead atoms. The molecule has 0 saturated heterocycles. The molecule has 1 atom stereocenters. The van der Waals surface area contributed by atoms with Crippen LogP contribution in [0.1, 0.15) is 26.7 Å². The van der Waals surface area contributed by atoms with Crippen LogP contribution in [0.5, 0.6) is 0 Å². The van der Waals surface area contributed by atoms with Crippen LogP contribution in [0.15, 0.2) is 0 Å². The molecule has 0 aliphatic carbocycles. The Morgan fingerprint density at radius 1 is 1.62 bits per heavy atom. The van der Waals surface area contributed by atoms with Crippen LogP contribution in [-0.4, -0.2) is 12.6 Å². The maximum absolute atomic E-state index is 11.1. The van der Waals surface area contributed by atoms with Gasteiger partial charge in [-0.3, -0.25) is 4.79 Å². The van der Waals surface area contributed by atoms with Gasteiger partial charge in [0.1, 0.15) is 5.92 Å². The molecule has 3 nitrogen and oxygen atoms in total. The molecule has 0 heterocycles. The summed E-state index contributed by atoms with van der Waals surface area (Å²) in [6, 6.07) is 1.90. The predicted octanol–water partition coefficient (Wildman–Crippen LogP) is 1.49. The van der Waals surface area contributed by atoms with Crippen LogP contribution >= 0.6 is 0 Å². The molecule has 1 unspecified atom stereocenters. The fourth-order valence-electron chi connectivity index (χ4n) is 0.819. The predicted molar refractivity (Wildman–Crippen MR) is 48.4 cm³/mol. The van der Waals surface area contributed by atoms with Gasteiger partial charge in [-0.1, -0.05) is 0 Å². The second kappa shape index (κ2) is 7.18. The number of carbonyl (C=O) groups excluding carboxylic acids is 1. The van der Waals surface area contributed by atoms with Crippen LogP contribution in [0.3, 0.4) is 0 Å². The summed E-state index contributed by atoms with van der Waals surface area (Å²) >= 11 is 0. The first-order chi connectivity index (χ1) is 6.26. The highest BCUT2D eigenvalue weighted by Crippen LogP contribution is 2.06. The highest BCUT2D eigenvalue weighted by atomic mass is 16.5. The van der Waals surface area contributed by atoms with Crippen LogP contribution in [0.25, 0.3) is 0 Å². The van der Waals surface area contributed by atoms with Gasteiger partial charge in [-0.15, -0.1) is 11.8 Å². The van der Waals surface area contributed by atoms with Crippen LogP contribution in [0, 0.1) is 29.1 Å². The first-order valence-electron chi connectivity index (χ1n) is 4.22. The summed E-state index contributed by atoms with van der Waals surface area (Å²) in [4.78, 5) is 11.1. The van der Waals surface area contributed by atoms with Crippen LogP contribution in [-0.2, 0) is 9.53 Å². The zero-order valence-corrected chi connectivity index (χ0v) is 7.96. The molecule has 0 rings (SSSR count). The third-order valence-electron chi connectivity index (χ3n) is 1.46. The minimum atomic E-state index is -0.666. The Labute approximate surface area is 78.7 Å². The van der Waals surface area contributed by atoms with Gasteiger partial charge >= 0.3 is 5.97 Å². The fraction of sp³-hybridized carbons (Fsp3) is 0.600. The Balaban J connectivity index is 3.94. The molecule has 0 aromatic heterocycles. The van der Waals surface area contributed by atoms with Gasteiger partial charge in [0, 0.05) is 6.42 Å². The van der Waals surface area contributed by atoms with Crippen molar-refractivity contribution < 1.29 is 9.53 Å². The lowest BCUT2D eigenvalue weighted by Gasteiger charge is -2.05. The van der Waals surface area contributed by atoms with E-state index in [1.807, 2.05) is 6.07 Å². The Morgan fingerprint density at radius 2 is 2.31 bits per heavy atom. The summed E-state index contributed by atoms with van der Waals surface area (Å²) in [7, 11) is 0. The van der Waals surface area contributed by atoms with Crippen molar-refractivity contribution in [1.82, 2.24) is 0 Å². The zero-order chi connectivity index (χ0) is 10.1. The van der Waals surface area contributed by atoms with Gasteiger partial charge in [-0.2, -0.15) is 5.26 Å². The summed E-state index contributed by atoms with van der Waals surface area (Å²) in [5, 5.41) is 8.62. The minimum absolute atomic E-state index is 0.316. The van der Waals surface area contributed by atoms with Gasteiger partial charge in [0.2, 0.25) is 0 Å². The molecule has 0 spiro atoms. The molecule has 0 radical (unpaired) electrons. The molecule has 3 heteroatoms. The van der Waals surface area contributed by atoms with E-state index in [4.69, 9.17) is 10.00 Å². The van der Waals surface area contributed by atoms with Crippen LogP contribution in [0.2, 0.25) is 0 Å². The summed E-state index contributed by atoms with van der Waals surface area (Å²) in [5.41, 5.74) is 0. The van der Waals surface area contributed by atoms with Crippen molar-refractivity contribution in [1.29, 1.82) is 5.26 Å². The lowest BCUT2D eigenvalue weighted by atomic mass is 10.1. The van der Waals surface area contributed by atoms with Gasteiger partial charge in [0.05, 0.1) is 12.7 Å². The van der Waals surface area contributed by atoms with E-state index in [1.165, 1.54) is 0 Å². The van der Waals surface area contributed by atoms with Crippen molar-refractivity contribution >= 4 is 5.97 Å². The summed E-state index contributed by atoms with van der Waals surface area (Å²) in [6.07, 6.45) is 1.02. The van der Waals surface area contributed by atoms with Crippen molar-refractivity contribution in [2.45, 2.75) is 26.7 Å². The molecule has 0 saturated carbocycles. The van der Waals surface area contributed by atoms with Gasteiger partial charge in [0.15, 0.2) is 0 Å². The van der Waals surface area contributed by atoms with Crippen molar-refractivity contribution in [3.8, 4) is 17.9 Å². The number of rotatable bonds is 4. The van der Waals surface area contributed by atoms with E-state index in [1.54, 1.807) is 13.8 Å². The molecule has 0 aromatic carbocycles. The van der Waals surface area contributed by atoms with Crippen LogP contribution in [0.4, 0.5) is 0 Å². The smallest absolute Gasteiger partial charge is 0.323 e. The van der Waals surface area contributed by atoms with Gasteiger partial charge < -0.3 is 4.74 Å². The quantitative estimate of drug-likeness (QED) is 0.485. The molecule has 0 N–H and O–H groups in total. The molecule has 0 aliphatic heterocycles. The number of ether oxygens (including phenoxy) is 1. The molecule has 70 valence electrons. The van der Waals surface area contributed by atoms with E-state index >= 15 is 0 Å². The van der Waals surface area contributed by atoms with Crippen molar-refractivity contribution in [3.63, 3.8) is 0 Å². The summed E-state index contributed by atoms with van der Waals surface area (Å²) in [6.45, 7) is 3.76. The first kappa shape index (κ1) is 11.5. The van der Waals surface area contributed by atoms with E-state index in [2.05, 4.69) is 11.8 Å². The normalized spacial score (nSPS) is 10.5. The molecular weight excluding hydrogens is 166 g/mol. The SMILES string of the molecule is CC#CCCC(C#N)C(=O)OCC. The monoisotopic (exact) mass is 179 g/mol. The fourth-order valence-corrected chi connectivity index (χ4v) is 0.819. The zero-order valence-electron chi connectivity index (χ0n) is 7.96. The van der Waals surface area contributed by atoms with E-state index < -0.39 is 11.9 Å². The third-order valence-corrected chi connectivity index (χ3v) is 1.46. The molecular formula is C10H13NO2. The second-order valence-electron chi connectivity index (χ2n) is 2.40. The topological polar surface area (TPSA) is 50.1 Å². The Bertz CT molecular complexity index is 254. The third kappa shape index (κ3) is 4.87. The molecule has 0 aromatic rings. The molecule has 0 amide bonds. The highest BCUT2D eigenvalue weighted by Gasteiger charge is 2.17. The van der Waals surface area contributed by atoms with Gasteiger partial charge in [-0.25, -0.2) is 0 Å². The van der Waals surface area contributed by atoms with Gasteiger partial charge in [0.25, 0.3) is 0 Å². The number of esters is 1. The maximum Gasteiger partial charge on any atom is 0.323 e. The van der Waals surface area contributed by atoms with E-state index in [0.29, 0.717) is 19.4 Å². The Kier molecular flexibility index (Phi) is 6.37. The Hall–Kier alpha value is -1.48. The largest absolute Gasteiger partial charge is 0.465 e. The first-order valence-corrected chi connectivity index (χ1v) is 4.22. The van der Waals surface area contributed by atoms with Crippen molar-refractivity contribution in [2.24, 2.45) is 5.92 Å². The number of nitriles is 1. The van der Waals surface area contributed by atoms with E-state index in [0.717, 1.165) is 0 Å². The molecule has 0 aliphatic rings. The van der Waals surface area contributed by atoms with Crippen LogP contribution < -0.4 is 0 Å². The Morgan fingerprint density at radius 3 is 2.77 bits per heavy atom. The van der Waals surface area contributed by atoms with Crippen molar-refractivity contribution in [2.75, 3.05) is 6.61 Å². The highest BCUT2D eigenvalue weighted by molar-refractivity contribution is 5.75. The number of carbonyl (C=O) groups is 1. The number of hydrogen-bond acceptors (Lipinski definition) is 3. The van der Waals surface area contributed by atoms with Crippen molar-refractivity contribution in [3.05, 3.63) is 0 Å². The number of hydrogen-bond donors (Lipinski definition) is 0. The average Bonchev–Trinajstić information content (AvgIpc) is 2.13. The summed E-state index contributed by atoms with van der Waals surface area (Å²) < 4.78 is 4.72. The molecule has 0 fully saturated rings. The van der Waals surface area contributed by atoms with E-state index in [9.17, 15) is 4.79 Å². The minimum Gasteiger partial charge on any atom is -0.465 e.